The molecule has 0 bridgehead atoms. The Labute approximate surface area is 108 Å². The van der Waals surface area contributed by atoms with Crippen molar-refractivity contribution in [2.75, 3.05) is 7.05 Å². The summed E-state index contributed by atoms with van der Waals surface area (Å²) in [6.07, 6.45) is -1.14. The third-order valence-corrected chi connectivity index (χ3v) is 2.20. The van der Waals surface area contributed by atoms with Gasteiger partial charge < -0.3 is 10.1 Å². The predicted octanol–water partition coefficient (Wildman–Crippen LogP) is 0.827. The standard InChI is InChI=1S/C12H13FN2O4/c1-7(10(16)15-12(18)14-2)19-11(17)8-3-5-9(13)6-4-8/h3-7H,1-2H3,(H2,14,15,16,18)/t7-/m1/s1. The van der Waals surface area contributed by atoms with Gasteiger partial charge in [0.2, 0.25) is 0 Å². The summed E-state index contributed by atoms with van der Waals surface area (Å²) in [5, 5.41) is 4.16. The van der Waals surface area contributed by atoms with E-state index in [1.807, 2.05) is 5.32 Å². The molecule has 0 heterocycles. The molecule has 1 aromatic rings. The minimum Gasteiger partial charge on any atom is -0.449 e. The fraction of sp³-hybridized carbons (Fsp3) is 0.250. The Morgan fingerprint density at radius 3 is 2.32 bits per heavy atom. The monoisotopic (exact) mass is 268 g/mol. The van der Waals surface area contributed by atoms with E-state index in [2.05, 4.69) is 5.32 Å². The first-order chi connectivity index (χ1) is 8.93. The second kappa shape index (κ2) is 6.48. The Morgan fingerprint density at radius 1 is 1.21 bits per heavy atom. The molecule has 0 saturated carbocycles. The zero-order valence-electron chi connectivity index (χ0n) is 10.4. The quantitative estimate of drug-likeness (QED) is 0.795. The van der Waals surface area contributed by atoms with Crippen molar-refractivity contribution >= 4 is 17.9 Å². The Hall–Kier alpha value is -2.44. The highest BCUT2D eigenvalue weighted by molar-refractivity contribution is 5.98. The van der Waals surface area contributed by atoms with Crippen LogP contribution in [0.25, 0.3) is 0 Å². The Kier molecular flexibility index (Phi) is 4.99. The average Bonchev–Trinajstić information content (AvgIpc) is 2.38. The molecule has 2 N–H and O–H groups in total. The number of benzene rings is 1. The molecule has 0 spiro atoms. The lowest BCUT2D eigenvalue weighted by Crippen LogP contribution is -2.43. The third kappa shape index (κ3) is 4.38. The van der Waals surface area contributed by atoms with E-state index in [0.717, 1.165) is 12.1 Å². The fourth-order valence-electron chi connectivity index (χ4n) is 1.14. The molecule has 0 unspecified atom stereocenters. The number of nitrogens with one attached hydrogen (secondary N) is 2. The zero-order chi connectivity index (χ0) is 14.4. The van der Waals surface area contributed by atoms with Crippen molar-refractivity contribution in [2.45, 2.75) is 13.0 Å². The number of hydrogen-bond donors (Lipinski definition) is 2. The Morgan fingerprint density at radius 2 is 1.79 bits per heavy atom. The number of carbonyl (C=O) groups is 3. The van der Waals surface area contributed by atoms with Gasteiger partial charge >= 0.3 is 12.0 Å². The van der Waals surface area contributed by atoms with Crippen molar-refractivity contribution in [1.82, 2.24) is 10.6 Å². The molecule has 3 amide bonds. The van der Waals surface area contributed by atoms with Gasteiger partial charge in [0.15, 0.2) is 6.10 Å². The molecule has 0 saturated heterocycles. The number of esters is 1. The van der Waals surface area contributed by atoms with Crippen molar-refractivity contribution in [3.63, 3.8) is 0 Å². The van der Waals surface area contributed by atoms with Gasteiger partial charge in [-0.15, -0.1) is 0 Å². The summed E-state index contributed by atoms with van der Waals surface area (Å²) in [4.78, 5) is 33.9. The van der Waals surface area contributed by atoms with Gasteiger partial charge in [0.1, 0.15) is 5.82 Å². The van der Waals surface area contributed by atoms with Gasteiger partial charge in [0.05, 0.1) is 5.56 Å². The van der Waals surface area contributed by atoms with Gasteiger partial charge in [-0.2, -0.15) is 0 Å². The SMILES string of the molecule is CNC(=O)NC(=O)[C@@H](C)OC(=O)c1ccc(F)cc1. The maximum atomic E-state index is 12.7. The summed E-state index contributed by atoms with van der Waals surface area (Å²) in [7, 11) is 1.35. The lowest BCUT2D eigenvalue weighted by atomic mass is 10.2. The lowest BCUT2D eigenvalue weighted by molar-refractivity contribution is -0.127. The minimum atomic E-state index is -1.14. The molecule has 1 rings (SSSR count). The Balaban J connectivity index is 2.59. The highest BCUT2D eigenvalue weighted by atomic mass is 19.1. The molecule has 0 aliphatic carbocycles. The van der Waals surface area contributed by atoms with Crippen molar-refractivity contribution in [2.24, 2.45) is 0 Å². The highest BCUT2D eigenvalue weighted by Crippen LogP contribution is 2.06. The van der Waals surface area contributed by atoms with Crippen LogP contribution in [-0.4, -0.2) is 31.1 Å². The summed E-state index contributed by atoms with van der Waals surface area (Å²) in [5.41, 5.74) is 0.112. The lowest BCUT2D eigenvalue weighted by Gasteiger charge is -2.12. The normalized spacial score (nSPS) is 11.3. The smallest absolute Gasteiger partial charge is 0.338 e. The number of halogens is 1. The number of ether oxygens (including phenoxy) is 1. The summed E-state index contributed by atoms with van der Waals surface area (Å²) in [6, 6.07) is 3.98. The van der Waals surface area contributed by atoms with E-state index in [-0.39, 0.29) is 5.56 Å². The van der Waals surface area contributed by atoms with Crippen molar-refractivity contribution in [1.29, 1.82) is 0 Å². The molecular formula is C12H13FN2O4. The topological polar surface area (TPSA) is 84.5 Å². The van der Waals surface area contributed by atoms with E-state index >= 15 is 0 Å². The summed E-state index contributed by atoms with van der Waals surface area (Å²) in [5.74, 6) is -2.02. The van der Waals surface area contributed by atoms with Crippen LogP contribution in [0.2, 0.25) is 0 Å². The largest absolute Gasteiger partial charge is 0.449 e. The van der Waals surface area contributed by atoms with Crippen LogP contribution in [0.5, 0.6) is 0 Å². The summed E-state index contributed by atoms with van der Waals surface area (Å²) < 4.78 is 17.5. The molecule has 0 aromatic heterocycles. The van der Waals surface area contributed by atoms with E-state index < -0.39 is 29.8 Å². The van der Waals surface area contributed by atoms with E-state index in [1.54, 1.807) is 0 Å². The van der Waals surface area contributed by atoms with Crippen LogP contribution in [0.15, 0.2) is 24.3 Å². The number of rotatable bonds is 3. The molecule has 7 heteroatoms. The van der Waals surface area contributed by atoms with Gasteiger partial charge in [-0.1, -0.05) is 0 Å². The molecule has 0 aliphatic rings. The average molecular weight is 268 g/mol. The second-order valence-corrected chi connectivity index (χ2v) is 3.62. The summed E-state index contributed by atoms with van der Waals surface area (Å²) in [6.45, 7) is 1.32. The van der Waals surface area contributed by atoms with Crippen molar-refractivity contribution in [3.8, 4) is 0 Å². The fourth-order valence-corrected chi connectivity index (χ4v) is 1.14. The van der Waals surface area contributed by atoms with E-state index in [1.165, 1.54) is 26.1 Å². The van der Waals surface area contributed by atoms with Crippen LogP contribution < -0.4 is 10.6 Å². The van der Waals surface area contributed by atoms with Crippen LogP contribution in [0, 0.1) is 5.82 Å². The summed E-state index contributed by atoms with van der Waals surface area (Å²) >= 11 is 0. The van der Waals surface area contributed by atoms with Crippen molar-refractivity contribution in [3.05, 3.63) is 35.6 Å². The van der Waals surface area contributed by atoms with Gasteiger partial charge in [0.25, 0.3) is 5.91 Å². The molecule has 0 radical (unpaired) electrons. The van der Waals surface area contributed by atoms with E-state index in [4.69, 9.17) is 4.74 Å². The molecule has 1 atom stereocenters. The number of carbonyl (C=O) groups excluding carboxylic acids is 3. The molecule has 19 heavy (non-hydrogen) atoms. The van der Waals surface area contributed by atoms with Crippen LogP contribution >= 0.6 is 0 Å². The van der Waals surface area contributed by atoms with E-state index in [0.29, 0.717) is 0 Å². The molecule has 0 fully saturated rings. The van der Waals surface area contributed by atoms with Crippen molar-refractivity contribution < 1.29 is 23.5 Å². The second-order valence-electron chi connectivity index (χ2n) is 3.62. The maximum Gasteiger partial charge on any atom is 0.338 e. The van der Waals surface area contributed by atoms with Crippen LogP contribution in [0.3, 0.4) is 0 Å². The van der Waals surface area contributed by atoms with Gasteiger partial charge in [-0.05, 0) is 31.2 Å². The predicted molar refractivity (Wildman–Crippen MR) is 63.9 cm³/mol. The first-order valence-electron chi connectivity index (χ1n) is 5.43. The molecule has 6 nitrogen and oxygen atoms in total. The number of urea groups is 1. The van der Waals surface area contributed by atoms with E-state index in [9.17, 15) is 18.8 Å². The first kappa shape index (κ1) is 14.6. The maximum absolute atomic E-state index is 12.7. The van der Waals surface area contributed by atoms with Gasteiger partial charge in [0, 0.05) is 7.05 Å². The minimum absolute atomic E-state index is 0.112. The number of imide groups is 1. The van der Waals surface area contributed by atoms with Gasteiger partial charge in [-0.25, -0.2) is 14.0 Å². The molecular weight excluding hydrogens is 255 g/mol. The third-order valence-electron chi connectivity index (χ3n) is 2.20. The molecule has 102 valence electrons. The van der Waals surface area contributed by atoms with Crippen LogP contribution in [-0.2, 0) is 9.53 Å². The number of hydrogen-bond acceptors (Lipinski definition) is 4. The molecule has 1 aromatic carbocycles. The zero-order valence-corrected chi connectivity index (χ0v) is 10.4. The number of amides is 3. The first-order valence-corrected chi connectivity index (χ1v) is 5.43. The highest BCUT2D eigenvalue weighted by Gasteiger charge is 2.20. The van der Waals surface area contributed by atoms with Crippen LogP contribution in [0.4, 0.5) is 9.18 Å². The van der Waals surface area contributed by atoms with Crippen LogP contribution in [0.1, 0.15) is 17.3 Å². The molecule has 0 aliphatic heterocycles. The van der Waals surface area contributed by atoms with Gasteiger partial charge in [-0.3, -0.25) is 10.1 Å². The Bertz CT molecular complexity index is 487.